The zero-order valence-corrected chi connectivity index (χ0v) is 20.7. The van der Waals surface area contributed by atoms with Gasteiger partial charge in [0, 0.05) is 24.3 Å². The van der Waals surface area contributed by atoms with Crippen LogP contribution in [0.3, 0.4) is 0 Å². The van der Waals surface area contributed by atoms with E-state index in [0.717, 1.165) is 48.9 Å². The number of sulfonamides is 1. The smallest absolute Gasteiger partial charge is 0.258 e. The van der Waals surface area contributed by atoms with E-state index in [0.29, 0.717) is 12.1 Å². The minimum absolute atomic E-state index is 0.0141. The van der Waals surface area contributed by atoms with Crippen molar-refractivity contribution in [1.29, 1.82) is 0 Å². The Kier molecular flexibility index (Phi) is 7.49. The molecule has 3 aromatic rings. The fourth-order valence-corrected chi connectivity index (χ4v) is 5.99. The van der Waals surface area contributed by atoms with Crippen LogP contribution in [0, 0.1) is 6.92 Å². The molecule has 1 amide bonds. The van der Waals surface area contributed by atoms with Crippen molar-refractivity contribution in [2.45, 2.75) is 56.5 Å². The Balaban J connectivity index is 1.65. The van der Waals surface area contributed by atoms with Crippen molar-refractivity contribution in [1.82, 2.24) is 4.31 Å². The van der Waals surface area contributed by atoms with E-state index in [1.54, 1.807) is 30.1 Å². The van der Waals surface area contributed by atoms with Crippen LogP contribution < -0.4 is 4.90 Å². The van der Waals surface area contributed by atoms with Gasteiger partial charge in [0.2, 0.25) is 10.0 Å². The molecule has 1 fully saturated rings. The number of nitrogens with zero attached hydrogens (tertiary/aromatic N) is 2. The maximum absolute atomic E-state index is 13.7. The topological polar surface area (TPSA) is 57.7 Å². The van der Waals surface area contributed by atoms with Gasteiger partial charge in [-0.2, -0.15) is 4.31 Å². The van der Waals surface area contributed by atoms with Gasteiger partial charge < -0.3 is 4.90 Å². The third-order valence-corrected chi connectivity index (χ3v) is 8.53. The average molecular weight is 477 g/mol. The molecule has 0 aromatic heterocycles. The first-order valence-electron chi connectivity index (χ1n) is 11.9. The molecule has 0 spiro atoms. The Morgan fingerprint density at radius 3 is 2.24 bits per heavy atom. The Morgan fingerprint density at radius 2 is 1.56 bits per heavy atom. The normalized spacial score (nSPS) is 14.8. The summed E-state index contributed by atoms with van der Waals surface area (Å²) in [6.45, 7) is 2.39. The first-order chi connectivity index (χ1) is 16.4. The molecule has 0 radical (unpaired) electrons. The molecule has 0 unspecified atom stereocenters. The summed E-state index contributed by atoms with van der Waals surface area (Å²) < 4.78 is 28.2. The molecule has 1 aliphatic rings. The lowest BCUT2D eigenvalue weighted by atomic mass is 9.96. The van der Waals surface area contributed by atoms with E-state index in [4.69, 9.17) is 0 Å². The summed E-state index contributed by atoms with van der Waals surface area (Å²) in [5.74, 6) is -0.231. The van der Waals surface area contributed by atoms with E-state index in [1.807, 2.05) is 61.5 Å². The van der Waals surface area contributed by atoms with E-state index in [1.165, 1.54) is 10.4 Å². The molecule has 0 aliphatic heterocycles. The van der Waals surface area contributed by atoms with Gasteiger partial charge in [0.05, 0.1) is 11.4 Å². The third kappa shape index (κ3) is 5.40. The van der Waals surface area contributed by atoms with Crippen LogP contribution in [0.25, 0.3) is 0 Å². The second kappa shape index (κ2) is 10.5. The molecule has 5 nitrogen and oxygen atoms in total. The van der Waals surface area contributed by atoms with E-state index >= 15 is 0 Å². The monoisotopic (exact) mass is 476 g/mol. The van der Waals surface area contributed by atoms with E-state index < -0.39 is 10.0 Å². The van der Waals surface area contributed by atoms with Gasteiger partial charge in [0.15, 0.2) is 0 Å². The lowest BCUT2D eigenvalue weighted by Crippen LogP contribution is -2.38. The highest BCUT2D eigenvalue weighted by Gasteiger charge is 2.30. The predicted octanol–water partition coefficient (Wildman–Crippen LogP) is 5.80. The molecule has 6 heteroatoms. The van der Waals surface area contributed by atoms with Crippen molar-refractivity contribution in [3.05, 3.63) is 95.6 Å². The summed E-state index contributed by atoms with van der Waals surface area (Å²) in [5, 5.41) is 0. The minimum Gasteiger partial charge on any atom is -0.304 e. The second-order valence-electron chi connectivity index (χ2n) is 9.05. The quantitative estimate of drug-likeness (QED) is 0.433. The fourth-order valence-electron chi connectivity index (χ4n) is 4.52. The number of hydrogen-bond acceptors (Lipinski definition) is 3. The van der Waals surface area contributed by atoms with Gasteiger partial charge in [-0.15, -0.1) is 0 Å². The van der Waals surface area contributed by atoms with Gasteiger partial charge in [-0.05, 0) is 55.7 Å². The van der Waals surface area contributed by atoms with Crippen LogP contribution in [0.5, 0.6) is 0 Å². The number of hydrogen-bond donors (Lipinski definition) is 0. The Hall–Kier alpha value is -2.96. The molecule has 178 valence electrons. The fraction of sp³-hybridized carbons (Fsp3) is 0.321. The van der Waals surface area contributed by atoms with Gasteiger partial charge in [-0.3, -0.25) is 4.79 Å². The summed E-state index contributed by atoms with van der Waals surface area (Å²) in [6, 6.07) is 24.0. The summed E-state index contributed by atoms with van der Waals surface area (Å²) in [4.78, 5) is 15.6. The highest BCUT2D eigenvalue weighted by molar-refractivity contribution is 7.89. The Morgan fingerprint density at radius 1 is 0.882 bits per heavy atom. The van der Waals surface area contributed by atoms with Crippen LogP contribution in [0.2, 0.25) is 0 Å². The Bertz CT molecular complexity index is 1220. The van der Waals surface area contributed by atoms with Gasteiger partial charge in [-0.25, -0.2) is 8.42 Å². The van der Waals surface area contributed by atoms with Crippen LogP contribution in [0.15, 0.2) is 83.8 Å². The zero-order chi connectivity index (χ0) is 24.1. The van der Waals surface area contributed by atoms with Crippen LogP contribution in [-0.2, 0) is 16.6 Å². The van der Waals surface area contributed by atoms with Crippen LogP contribution in [0.1, 0.15) is 53.6 Å². The first kappa shape index (κ1) is 24.2. The number of amides is 1. The zero-order valence-electron chi connectivity index (χ0n) is 19.9. The SMILES string of the molecule is Cc1ccc(N(Cc2ccccc2)C(=O)c2cccc(S(=O)(=O)N(C)C3CCCCC3)c2)cc1. The van der Waals surface area contributed by atoms with Gasteiger partial charge in [0.1, 0.15) is 0 Å². The van der Waals surface area contributed by atoms with Crippen molar-refractivity contribution in [3.8, 4) is 0 Å². The van der Waals surface area contributed by atoms with Crippen molar-refractivity contribution in [3.63, 3.8) is 0 Å². The third-order valence-electron chi connectivity index (χ3n) is 6.62. The summed E-state index contributed by atoms with van der Waals surface area (Å²) >= 11 is 0. The van der Waals surface area contributed by atoms with E-state index in [9.17, 15) is 13.2 Å². The van der Waals surface area contributed by atoms with Gasteiger partial charge in [-0.1, -0.05) is 73.4 Å². The number of carbonyl (C=O) groups is 1. The molecular formula is C28H32N2O3S. The van der Waals surface area contributed by atoms with E-state index in [2.05, 4.69) is 0 Å². The number of anilines is 1. The molecule has 1 saturated carbocycles. The van der Waals surface area contributed by atoms with Crippen LogP contribution >= 0.6 is 0 Å². The van der Waals surface area contributed by atoms with Crippen molar-refractivity contribution < 1.29 is 13.2 Å². The first-order valence-corrected chi connectivity index (χ1v) is 13.3. The maximum Gasteiger partial charge on any atom is 0.258 e. The average Bonchev–Trinajstić information content (AvgIpc) is 2.88. The highest BCUT2D eigenvalue weighted by atomic mass is 32.2. The number of benzene rings is 3. The maximum atomic E-state index is 13.7. The summed E-state index contributed by atoms with van der Waals surface area (Å²) in [6.07, 6.45) is 5.02. The van der Waals surface area contributed by atoms with Crippen LogP contribution in [-0.4, -0.2) is 31.7 Å². The van der Waals surface area contributed by atoms with Gasteiger partial charge >= 0.3 is 0 Å². The van der Waals surface area contributed by atoms with Crippen molar-refractivity contribution >= 4 is 21.6 Å². The summed E-state index contributed by atoms with van der Waals surface area (Å²) in [7, 11) is -2.03. The van der Waals surface area contributed by atoms with Gasteiger partial charge in [0.25, 0.3) is 5.91 Å². The molecule has 0 bridgehead atoms. The molecule has 1 aliphatic carbocycles. The Labute approximate surface area is 203 Å². The van der Waals surface area contributed by atoms with Crippen molar-refractivity contribution in [2.24, 2.45) is 0 Å². The van der Waals surface area contributed by atoms with E-state index in [-0.39, 0.29) is 16.8 Å². The minimum atomic E-state index is -3.69. The molecule has 0 atom stereocenters. The molecule has 0 saturated heterocycles. The second-order valence-corrected chi connectivity index (χ2v) is 11.1. The number of rotatable bonds is 7. The van der Waals surface area contributed by atoms with Crippen LogP contribution in [0.4, 0.5) is 5.69 Å². The standard InChI is InChI=1S/C28H32N2O3S/c1-22-16-18-26(19-17-22)30(21-23-10-5-3-6-11-23)28(31)24-12-9-15-27(20-24)34(32,33)29(2)25-13-7-4-8-14-25/h3,5-6,9-12,15-20,25H,4,7-8,13-14,21H2,1-2H3. The molecule has 0 N–H and O–H groups in total. The lowest BCUT2D eigenvalue weighted by Gasteiger charge is -2.30. The van der Waals surface area contributed by atoms with Crippen molar-refractivity contribution in [2.75, 3.05) is 11.9 Å². The highest BCUT2D eigenvalue weighted by Crippen LogP contribution is 2.28. The lowest BCUT2D eigenvalue weighted by molar-refractivity contribution is 0.0985. The number of aryl methyl sites for hydroxylation is 1. The molecular weight excluding hydrogens is 444 g/mol. The largest absolute Gasteiger partial charge is 0.304 e. The molecule has 4 rings (SSSR count). The molecule has 0 heterocycles. The molecule has 3 aromatic carbocycles. The summed E-state index contributed by atoms with van der Waals surface area (Å²) in [5.41, 5.74) is 3.23. The predicted molar refractivity (Wildman–Crippen MR) is 136 cm³/mol. The number of carbonyl (C=O) groups excluding carboxylic acids is 1. The molecule has 34 heavy (non-hydrogen) atoms.